The summed E-state index contributed by atoms with van der Waals surface area (Å²) in [7, 11) is -0.238. The zero-order chi connectivity index (χ0) is 101. The molecule has 0 unspecified atom stereocenters. The molecule has 37 heteroatoms. The summed E-state index contributed by atoms with van der Waals surface area (Å²) in [5.74, 6) is 2.45. The minimum Gasteiger partial charge on any atom is -0.618 e. The van der Waals surface area contributed by atoms with Gasteiger partial charge >= 0.3 is 25.3 Å². The summed E-state index contributed by atoms with van der Waals surface area (Å²) >= 11 is 22.1. The number of rotatable bonds is 8. The van der Waals surface area contributed by atoms with E-state index in [9.17, 15) is 24.4 Å². The molecular formula is C105H129BBr6ClN17O11S. The standard InChI is InChI=1S/C19H23BrN4O.C18H22BrN3O2.C15H24BNO3S.C13H14BrN3.C10H17NO3.C8H7BrN2.C8H6BrNO.C8H6BrN.C6H9NO.ClH/c20-16-11-15-14(5-6-17(15)23-18(16)21)12-7-9-24(10-8-12)19(25)22-13-3-1-2-4-13;1-18(2,3)24-17(23)22-8-6-11(7-9-22)12-4-5-15-13(12)10-14(19)16(20)21-15;1-14(2)15(3,4)20-16(19-14)13-6-5-12(21-13)11-17-7-9-18-10-8-17;14-11-7-10-9(8-3-5-16-6-4-8)1-2-12(10)17-13(11)15;1-10(2,3)14-9(13)11-6-4-8(12)5-7-11;9-6-4-5-2-1-3-7(5)11-8(6)10;9-7-4-6-2-1-3-8(6)10(11)5-7;9-7-4-6-2-1-3-8(6)10-5-7;7-5-8-6-3-1-2-4-6;/h5,7,11,13H,1-4,6,8-10H2,(H2,21,23)(H,22,25);4,6,10H,5,7-9H2,1-3H3,(H2,20,21);5-6H,7-11H2,1-4H3;1,3,7,16H,2,4-6H2,(H2,15,17);4-7H2,1-3H3;1-2,4H,3H2,(H2,10,11);1-2,4-5H,3H2;1-2,4-5H,3H2;6H,1-4H2;1H. The Morgan fingerprint density at radius 3 is 1.55 bits per heavy atom. The number of thiophene rings is 1. The lowest BCUT2D eigenvalue weighted by Crippen LogP contribution is -2.45. The molecular weight excluding hydrogens is 2230 g/mol. The number of ether oxygens (including phenoxy) is 4. The highest BCUT2D eigenvalue weighted by molar-refractivity contribution is 9.11. The zero-order valence-electron chi connectivity index (χ0n) is 82.4. The second-order valence-corrected chi connectivity index (χ2v) is 45.6. The van der Waals surface area contributed by atoms with E-state index < -0.39 is 11.2 Å². The zero-order valence-corrected chi connectivity index (χ0v) is 93.5. The summed E-state index contributed by atoms with van der Waals surface area (Å²) in [6, 6.07) is 17.0. The van der Waals surface area contributed by atoms with Crippen molar-refractivity contribution in [1.82, 2.24) is 55.2 Å². The quantitative estimate of drug-likeness (QED) is 0.0356. The fraction of sp³-hybridized carbons (Fsp3) is 0.457. The van der Waals surface area contributed by atoms with Gasteiger partial charge in [0.2, 0.25) is 5.69 Å². The molecule has 21 rings (SSSR count). The van der Waals surface area contributed by atoms with E-state index in [0.717, 1.165) is 217 Å². The highest BCUT2D eigenvalue weighted by Crippen LogP contribution is 2.43. The molecule has 142 heavy (non-hydrogen) atoms. The number of fused-ring (bicyclic) bond motifs is 6. The Labute approximate surface area is 895 Å². The van der Waals surface area contributed by atoms with Crippen LogP contribution >= 0.6 is 119 Å². The molecule has 7 aromatic heterocycles. The van der Waals surface area contributed by atoms with Crippen molar-refractivity contribution in [3.63, 3.8) is 0 Å². The van der Waals surface area contributed by atoms with Crippen LogP contribution in [0.4, 0.5) is 37.7 Å². The van der Waals surface area contributed by atoms with E-state index in [1.807, 2.05) is 83.0 Å². The van der Waals surface area contributed by atoms with Gasteiger partial charge in [-0.05, 0) is 316 Å². The number of ketones is 1. The largest absolute Gasteiger partial charge is 0.618 e. The van der Waals surface area contributed by atoms with Gasteiger partial charge in [-0.2, -0.15) is 9.99 Å². The number of piperidine rings is 1. The first kappa shape index (κ1) is 112. The number of allylic oxidation sites excluding steroid dienone is 9. The van der Waals surface area contributed by atoms with Crippen molar-refractivity contribution in [2.75, 3.05) is 102 Å². The molecule has 13 heterocycles. The van der Waals surface area contributed by atoms with E-state index in [1.54, 1.807) is 27.4 Å². The molecule has 8 aliphatic carbocycles. The maximum absolute atomic E-state index is 12.4. The minimum absolute atomic E-state index is 0. The normalized spacial score (nSPS) is 18.5. The topological polar surface area (TPSA) is 380 Å². The number of hydrogen-bond donors (Lipinski definition) is 6. The van der Waals surface area contributed by atoms with Crippen molar-refractivity contribution in [2.45, 2.75) is 232 Å². The average molecular weight is 2360 g/mol. The number of nitrogens with one attached hydrogen (secondary N) is 2. The second kappa shape index (κ2) is 51.4. The van der Waals surface area contributed by atoms with Gasteiger partial charge in [-0.25, -0.2) is 34.3 Å². The van der Waals surface area contributed by atoms with Crippen molar-refractivity contribution < 1.29 is 52.2 Å². The molecule has 0 aromatic carbocycles. The van der Waals surface area contributed by atoms with E-state index in [1.165, 1.54) is 92.6 Å². The third kappa shape index (κ3) is 31.3. The van der Waals surface area contributed by atoms with Crippen molar-refractivity contribution >= 4 is 213 Å². The summed E-state index contributed by atoms with van der Waals surface area (Å²) in [6.07, 6.45) is 48.5. The van der Waals surface area contributed by atoms with Gasteiger partial charge in [-0.1, -0.05) is 91.8 Å². The fourth-order valence-electron chi connectivity index (χ4n) is 17.7. The number of halogens is 7. The Kier molecular flexibility index (Phi) is 40.5. The number of nitrogens with zero attached hydrogens (tertiary/aromatic N) is 11. The van der Waals surface area contributed by atoms with Crippen LogP contribution in [0.5, 0.6) is 0 Å². The number of carbonyl (C=O) groups excluding carboxylic acids is 4. The third-order valence-electron chi connectivity index (χ3n) is 25.9. The predicted molar refractivity (Wildman–Crippen MR) is 589 cm³/mol. The molecule has 0 spiro atoms. The van der Waals surface area contributed by atoms with Crippen LogP contribution in [0.25, 0.3) is 34.9 Å². The first-order valence-corrected chi connectivity index (χ1v) is 53.9. The molecule has 6 aliphatic heterocycles. The van der Waals surface area contributed by atoms with Crippen LogP contribution in [0.1, 0.15) is 225 Å². The number of nitriles is 1. The number of urea groups is 1. The summed E-state index contributed by atoms with van der Waals surface area (Å²) in [5, 5.41) is 25.7. The summed E-state index contributed by atoms with van der Waals surface area (Å²) < 4.78 is 40.3. The predicted octanol–water partition coefficient (Wildman–Crippen LogP) is 21.2. The Balaban J connectivity index is 0.000000146. The van der Waals surface area contributed by atoms with Crippen LogP contribution in [-0.2, 0) is 78.1 Å². The molecule has 7 aromatic rings. The number of aromatic nitrogens is 6. The van der Waals surface area contributed by atoms with Gasteiger partial charge in [0.25, 0.3) is 6.26 Å². The van der Waals surface area contributed by atoms with Crippen molar-refractivity contribution in [2.24, 2.45) is 0 Å². The van der Waals surface area contributed by atoms with Crippen LogP contribution in [0.3, 0.4) is 0 Å². The molecule has 10 N–H and O–H groups in total. The Bertz CT molecular complexity index is 6040. The molecule has 28 nitrogen and oxygen atoms in total. The molecule has 758 valence electrons. The molecule has 0 bridgehead atoms. The first-order valence-electron chi connectivity index (χ1n) is 48.3. The maximum atomic E-state index is 12.4. The number of nitrogen functional groups attached to an aromatic ring is 4. The summed E-state index contributed by atoms with van der Waals surface area (Å²) in [6.45, 7) is 29.9. The van der Waals surface area contributed by atoms with Gasteiger partial charge in [0.1, 0.15) is 46.4 Å². The molecule has 3 saturated heterocycles. The lowest BCUT2D eigenvalue weighted by Gasteiger charge is -2.32. The Morgan fingerprint density at radius 1 is 0.577 bits per heavy atom. The number of amides is 4. The van der Waals surface area contributed by atoms with Crippen molar-refractivity contribution in [3.8, 4) is 6.26 Å². The number of pyridine rings is 6. The van der Waals surface area contributed by atoms with Crippen LogP contribution in [0.2, 0.25) is 0 Å². The van der Waals surface area contributed by atoms with Gasteiger partial charge in [0.05, 0.1) is 81.7 Å². The summed E-state index contributed by atoms with van der Waals surface area (Å²) in [5.41, 5.74) is 42.7. The highest BCUT2D eigenvalue weighted by atomic mass is 79.9. The molecule has 5 fully saturated rings. The van der Waals surface area contributed by atoms with E-state index >= 15 is 0 Å². The second-order valence-electron chi connectivity index (χ2n) is 39.1. The Morgan fingerprint density at radius 2 is 1.04 bits per heavy atom. The van der Waals surface area contributed by atoms with E-state index in [-0.39, 0.29) is 60.8 Å². The fourth-order valence-corrected chi connectivity index (χ4v) is 20.8. The lowest BCUT2D eigenvalue weighted by molar-refractivity contribution is -0.613. The number of likely N-dealkylation sites (tertiary alicyclic amines) is 1. The number of morpholine rings is 1. The molecule has 0 atom stereocenters. The van der Waals surface area contributed by atoms with Gasteiger partial charge in [-0.15, -0.1) is 23.7 Å². The maximum Gasteiger partial charge on any atom is 0.505 e. The average Bonchev–Trinajstić information content (AvgIpc) is 1.61. The number of carbonyl (C=O) groups is 4. The monoisotopic (exact) mass is 2360 g/mol. The Hall–Kier alpha value is -8.94. The van der Waals surface area contributed by atoms with Crippen molar-refractivity contribution in [1.29, 1.82) is 5.26 Å². The molecule has 4 amide bonds. The minimum atomic E-state index is -0.466. The third-order valence-corrected chi connectivity index (χ3v) is 30.4. The SMILES string of the molecule is Brc1cnc2c(c1)C=CC2.CC(C)(C)OC(=O)N1CC=C(C2=CCc3nc(N)c(Br)cc32)CC1.CC(C)(C)OC(=O)N1CCC(=O)CC1.CC1(C)OB(c2ccc(CN3CCOCC3)s2)OC1(C)C.Cl.N#COC1CCCC1.Nc1nc2c(cc1Br)C(C1=CCN(C(=O)NC3CCCC3)CC1)=CC2.Nc1nc2c(cc1Br)C(C1=CCNCC1)=CC2.Nc1nc2c(cc1Br)C=CC2.[O-][n+]1cc(Br)cc2c1CC=C2. The highest BCUT2D eigenvalue weighted by Gasteiger charge is 2.52. The molecule has 14 aliphatic rings. The molecule has 0 radical (unpaired) electrons. The number of Topliss-reactive ketones (excluding diaryl/α,β-unsaturated/α-hetero) is 1. The number of anilines is 4. The van der Waals surface area contributed by atoms with Crippen LogP contribution in [-0.4, -0.2) is 189 Å². The lowest BCUT2D eigenvalue weighted by atomic mass is 9.88. The van der Waals surface area contributed by atoms with Crippen LogP contribution in [0, 0.1) is 16.7 Å². The van der Waals surface area contributed by atoms with Crippen molar-refractivity contribution in [3.05, 3.63) is 237 Å². The first-order chi connectivity index (χ1) is 67.2. The summed E-state index contributed by atoms with van der Waals surface area (Å²) in [4.78, 5) is 77.9. The van der Waals surface area contributed by atoms with E-state index in [0.29, 0.717) is 74.9 Å². The van der Waals surface area contributed by atoms with Gasteiger partial charge in [0.15, 0.2) is 6.20 Å². The smallest absolute Gasteiger partial charge is 0.505 e. The van der Waals surface area contributed by atoms with Gasteiger partial charge < -0.3 is 81.7 Å². The van der Waals surface area contributed by atoms with Gasteiger partial charge in [0, 0.05) is 159 Å². The van der Waals surface area contributed by atoms with E-state index in [2.05, 4.69) is 255 Å². The van der Waals surface area contributed by atoms with E-state index in [4.69, 9.17) is 56.5 Å². The number of nitrogens with two attached hydrogens (primary N) is 4. The number of hydrogen-bond acceptors (Lipinski definition) is 24. The van der Waals surface area contributed by atoms with Crippen LogP contribution < -0.4 is 43.1 Å². The van der Waals surface area contributed by atoms with Gasteiger partial charge in [-0.3, -0.25) is 14.7 Å². The van der Waals surface area contributed by atoms with Crippen LogP contribution in [0.15, 0.2) is 159 Å². The molecule has 2 saturated carbocycles.